The third-order valence-electron chi connectivity index (χ3n) is 1.44. The van der Waals surface area contributed by atoms with Crippen LogP contribution in [-0.2, 0) is 4.74 Å². The molecule has 0 aliphatic heterocycles. The fourth-order valence-electron chi connectivity index (χ4n) is 0.810. The van der Waals surface area contributed by atoms with Crippen LogP contribution in [-0.4, -0.2) is 46.3 Å². The van der Waals surface area contributed by atoms with Crippen LogP contribution in [0, 0.1) is 0 Å². The van der Waals surface area contributed by atoms with Gasteiger partial charge in [-0.2, -0.15) is 0 Å². The Kier molecular flexibility index (Phi) is 9.63. The van der Waals surface area contributed by atoms with Crippen molar-refractivity contribution in [1.29, 1.82) is 0 Å². The lowest BCUT2D eigenvalue weighted by Crippen LogP contribution is -2.26. The number of ether oxygens (including phenoxy) is 1. The van der Waals surface area contributed by atoms with Gasteiger partial charge in [-0.1, -0.05) is 0 Å². The molecule has 0 aliphatic carbocycles. The van der Waals surface area contributed by atoms with Crippen molar-refractivity contribution in [1.82, 2.24) is 10.6 Å². The molecule has 0 bridgehead atoms. The largest absolute Gasteiger partial charge is 0.375 e. The van der Waals surface area contributed by atoms with E-state index in [2.05, 4.69) is 10.6 Å². The van der Waals surface area contributed by atoms with Crippen molar-refractivity contribution in [3.63, 3.8) is 0 Å². The molecular weight excluding hydrogens is 178 g/mol. The van der Waals surface area contributed by atoms with E-state index < -0.39 is 13.0 Å². The molecule has 0 saturated heterocycles. The highest BCUT2D eigenvalue weighted by atomic mass is 19.3. The molecule has 0 spiro atoms. The Labute approximate surface area is 77.8 Å². The van der Waals surface area contributed by atoms with Crippen LogP contribution in [0.2, 0.25) is 0 Å². The van der Waals surface area contributed by atoms with Crippen molar-refractivity contribution in [2.24, 2.45) is 0 Å². The maximum atomic E-state index is 11.6. The van der Waals surface area contributed by atoms with E-state index in [9.17, 15) is 8.78 Å². The number of hydrogen-bond acceptors (Lipinski definition) is 3. The molecule has 2 N–H and O–H groups in total. The van der Waals surface area contributed by atoms with Crippen LogP contribution >= 0.6 is 0 Å². The third-order valence-corrected chi connectivity index (χ3v) is 1.44. The zero-order valence-electron chi connectivity index (χ0n) is 7.98. The Morgan fingerprint density at radius 1 is 1.23 bits per heavy atom. The smallest absolute Gasteiger partial charge is 0.261 e. The molecule has 0 saturated carbocycles. The summed E-state index contributed by atoms with van der Waals surface area (Å²) in [6, 6.07) is 0. The lowest BCUT2D eigenvalue weighted by atomic mass is 10.4. The molecule has 5 heteroatoms. The summed E-state index contributed by atoms with van der Waals surface area (Å²) in [7, 11) is 1.88. The van der Waals surface area contributed by atoms with E-state index in [1.165, 1.54) is 0 Å². The van der Waals surface area contributed by atoms with E-state index in [4.69, 9.17) is 4.74 Å². The summed E-state index contributed by atoms with van der Waals surface area (Å²) in [5.41, 5.74) is 0. The molecule has 0 heterocycles. The number of alkyl halides is 2. The van der Waals surface area contributed by atoms with E-state index in [-0.39, 0.29) is 0 Å². The number of likely N-dealkylation sites (N-methyl/N-ethyl adjacent to an activating group) is 1. The first-order valence-electron chi connectivity index (χ1n) is 4.48. The maximum Gasteiger partial charge on any atom is 0.261 e. The molecule has 0 amide bonds. The summed E-state index contributed by atoms with van der Waals surface area (Å²) in [5.74, 6) is 0. The van der Waals surface area contributed by atoms with Crippen molar-refractivity contribution in [3.8, 4) is 0 Å². The van der Waals surface area contributed by atoms with E-state index in [0.717, 1.165) is 26.1 Å². The molecule has 80 valence electrons. The summed E-state index contributed by atoms with van der Waals surface area (Å²) in [5, 5.41) is 6.14. The lowest BCUT2D eigenvalue weighted by Gasteiger charge is -2.04. The van der Waals surface area contributed by atoms with Crippen molar-refractivity contribution >= 4 is 0 Å². The molecule has 0 aromatic heterocycles. The molecule has 0 unspecified atom stereocenters. The molecule has 0 aliphatic rings. The van der Waals surface area contributed by atoms with Gasteiger partial charge in [-0.25, -0.2) is 8.78 Å². The summed E-state index contributed by atoms with van der Waals surface area (Å²) in [6.45, 7) is 2.57. The summed E-state index contributed by atoms with van der Waals surface area (Å²) in [4.78, 5) is 0. The Balaban J connectivity index is 2.84. The van der Waals surface area contributed by atoms with Gasteiger partial charge in [0, 0.05) is 19.7 Å². The normalized spacial score (nSPS) is 11.1. The van der Waals surface area contributed by atoms with Gasteiger partial charge < -0.3 is 15.4 Å². The van der Waals surface area contributed by atoms with Gasteiger partial charge in [0.2, 0.25) is 0 Å². The van der Waals surface area contributed by atoms with Crippen LogP contribution in [0.15, 0.2) is 0 Å². The Bertz CT molecular complexity index is 104. The zero-order chi connectivity index (χ0) is 9.94. The van der Waals surface area contributed by atoms with E-state index in [1.807, 2.05) is 7.05 Å². The fourth-order valence-corrected chi connectivity index (χ4v) is 0.810. The predicted molar refractivity (Wildman–Crippen MR) is 48.2 cm³/mol. The minimum Gasteiger partial charge on any atom is -0.375 e. The van der Waals surface area contributed by atoms with Gasteiger partial charge in [0.25, 0.3) is 6.43 Å². The van der Waals surface area contributed by atoms with Gasteiger partial charge in [-0.05, 0) is 20.0 Å². The Hall–Kier alpha value is -0.260. The van der Waals surface area contributed by atoms with Crippen molar-refractivity contribution in [2.75, 3.05) is 39.9 Å². The summed E-state index contributed by atoms with van der Waals surface area (Å²) < 4.78 is 27.8. The first kappa shape index (κ1) is 12.7. The molecular formula is C8H18F2N2O. The molecule has 0 fully saturated rings. The summed E-state index contributed by atoms with van der Waals surface area (Å²) >= 11 is 0. The monoisotopic (exact) mass is 196 g/mol. The fraction of sp³-hybridized carbons (Fsp3) is 1.00. The number of halogens is 2. The standard InChI is InChI=1S/C8H18F2N2O/c1-11-4-5-12-3-2-6-13-7-8(9)10/h8,11-12H,2-7H2,1H3. The van der Waals surface area contributed by atoms with Gasteiger partial charge in [-0.3, -0.25) is 0 Å². The SMILES string of the molecule is CNCCNCCCOCC(F)F. The highest BCUT2D eigenvalue weighted by molar-refractivity contribution is 4.48. The van der Waals surface area contributed by atoms with Crippen LogP contribution in [0.3, 0.4) is 0 Å². The lowest BCUT2D eigenvalue weighted by molar-refractivity contribution is 0.0168. The third kappa shape index (κ3) is 11.7. The van der Waals surface area contributed by atoms with Crippen LogP contribution in [0.25, 0.3) is 0 Å². The van der Waals surface area contributed by atoms with Crippen LogP contribution in [0.5, 0.6) is 0 Å². The topological polar surface area (TPSA) is 33.3 Å². The zero-order valence-corrected chi connectivity index (χ0v) is 7.98. The molecule has 13 heavy (non-hydrogen) atoms. The van der Waals surface area contributed by atoms with E-state index in [0.29, 0.717) is 6.61 Å². The molecule has 0 atom stereocenters. The average molecular weight is 196 g/mol. The second kappa shape index (κ2) is 9.83. The molecule has 0 aromatic carbocycles. The molecule has 3 nitrogen and oxygen atoms in total. The van der Waals surface area contributed by atoms with Gasteiger partial charge in [0.05, 0.1) is 0 Å². The Morgan fingerprint density at radius 3 is 2.62 bits per heavy atom. The average Bonchev–Trinajstić information content (AvgIpc) is 2.09. The summed E-state index contributed by atoms with van der Waals surface area (Å²) in [6.07, 6.45) is -1.58. The minimum atomic E-state index is -2.35. The highest BCUT2D eigenvalue weighted by Gasteiger charge is 2.00. The van der Waals surface area contributed by atoms with Gasteiger partial charge in [0.15, 0.2) is 0 Å². The Morgan fingerprint density at radius 2 is 2.00 bits per heavy atom. The maximum absolute atomic E-state index is 11.6. The number of nitrogens with one attached hydrogen (secondary N) is 2. The number of rotatable bonds is 9. The highest BCUT2D eigenvalue weighted by Crippen LogP contribution is 1.92. The molecule has 0 rings (SSSR count). The van der Waals surface area contributed by atoms with Crippen LogP contribution in [0.4, 0.5) is 8.78 Å². The van der Waals surface area contributed by atoms with Gasteiger partial charge >= 0.3 is 0 Å². The second-order valence-corrected chi connectivity index (χ2v) is 2.67. The van der Waals surface area contributed by atoms with Gasteiger partial charge in [0.1, 0.15) is 6.61 Å². The van der Waals surface area contributed by atoms with Crippen molar-refractivity contribution < 1.29 is 13.5 Å². The number of hydrogen-bond donors (Lipinski definition) is 2. The first-order chi connectivity index (χ1) is 6.27. The molecule has 0 radical (unpaired) electrons. The van der Waals surface area contributed by atoms with Crippen molar-refractivity contribution in [2.45, 2.75) is 12.8 Å². The molecule has 0 aromatic rings. The van der Waals surface area contributed by atoms with E-state index >= 15 is 0 Å². The predicted octanol–water partition coefficient (Wildman–Crippen LogP) is 0.467. The minimum absolute atomic E-state index is 0.400. The van der Waals surface area contributed by atoms with Crippen molar-refractivity contribution in [3.05, 3.63) is 0 Å². The van der Waals surface area contributed by atoms with E-state index in [1.54, 1.807) is 0 Å². The second-order valence-electron chi connectivity index (χ2n) is 2.67. The van der Waals surface area contributed by atoms with Gasteiger partial charge in [-0.15, -0.1) is 0 Å². The van der Waals surface area contributed by atoms with Crippen LogP contribution < -0.4 is 10.6 Å². The quantitative estimate of drug-likeness (QED) is 0.526. The first-order valence-corrected chi connectivity index (χ1v) is 4.48. The van der Waals surface area contributed by atoms with Crippen LogP contribution in [0.1, 0.15) is 6.42 Å².